The van der Waals surface area contributed by atoms with Crippen LogP contribution in [0.15, 0.2) is 12.2 Å². The van der Waals surface area contributed by atoms with E-state index in [4.69, 9.17) is 9.47 Å². The molecular formula is C17H30O2. The van der Waals surface area contributed by atoms with Crippen molar-refractivity contribution in [3.8, 4) is 11.8 Å². The number of rotatable bonds is 11. The molecule has 2 nitrogen and oxygen atoms in total. The number of hydrogen-bond acceptors (Lipinski definition) is 2. The number of ether oxygens (including phenoxy) is 2. The van der Waals surface area contributed by atoms with E-state index in [-0.39, 0.29) is 6.29 Å². The highest BCUT2D eigenvalue weighted by molar-refractivity contribution is 5.04. The molecule has 0 saturated carbocycles. The van der Waals surface area contributed by atoms with Crippen molar-refractivity contribution in [2.75, 3.05) is 13.2 Å². The van der Waals surface area contributed by atoms with E-state index in [1.165, 1.54) is 19.3 Å². The molecule has 0 rings (SSSR count). The molecule has 0 radical (unpaired) electrons. The van der Waals surface area contributed by atoms with E-state index in [9.17, 15) is 0 Å². The van der Waals surface area contributed by atoms with E-state index >= 15 is 0 Å². The molecule has 0 aliphatic carbocycles. The first-order valence-electron chi connectivity index (χ1n) is 7.65. The molecule has 0 aromatic carbocycles. The molecule has 0 aromatic heterocycles. The topological polar surface area (TPSA) is 18.5 Å². The second-order valence-corrected chi connectivity index (χ2v) is 4.52. The van der Waals surface area contributed by atoms with E-state index in [2.05, 4.69) is 30.9 Å². The second-order valence-electron chi connectivity index (χ2n) is 4.52. The standard InChI is InChI=1S/C17H30O2/c1-4-6-7-8-9-10-11-12-13-14-15-16-19-17(3)18-5-2/h12-13,17H,4-8,11,14-16H2,1-3H3/b13-12+. The van der Waals surface area contributed by atoms with Crippen LogP contribution in [0.1, 0.15) is 65.7 Å². The van der Waals surface area contributed by atoms with Gasteiger partial charge in [-0.25, -0.2) is 0 Å². The average Bonchev–Trinajstić information content (AvgIpc) is 2.40. The minimum Gasteiger partial charge on any atom is -0.353 e. The van der Waals surface area contributed by atoms with Gasteiger partial charge in [-0.05, 0) is 33.1 Å². The smallest absolute Gasteiger partial charge is 0.154 e. The molecule has 0 spiro atoms. The molecule has 19 heavy (non-hydrogen) atoms. The monoisotopic (exact) mass is 266 g/mol. The molecule has 0 bridgehead atoms. The lowest BCUT2D eigenvalue weighted by Gasteiger charge is -2.11. The minimum absolute atomic E-state index is 0.0806. The molecule has 0 fully saturated rings. The Kier molecular flexibility index (Phi) is 14.7. The van der Waals surface area contributed by atoms with Gasteiger partial charge in [-0.15, -0.1) is 5.92 Å². The van der Waals surface area contributed by atoms with Gasteiger partial charge in [0.25, 0.3) is 0 Å². The van der Waals surface area contributed by atoms with Gasteiger partial charge < -0.3 is 9.47 Å². The normalized spacial score (nSPS) is 12.4. The Morgan fingerprint density at radius 2 is 1.84 bits per heavy atom. The lowest BCUT2D eigenvalue weighted by Crippen LogP contribution is -2.13. The maximum atomic E-state index is 5.48. The zero-order chi connectivity index (χ0) is 14.2. The van der Waals surface area contributed by atoms with Crippen molar-refractivity contribution in [3.63, 3.8) is 0 Å². The summed E-state index contributed by atoms with van der Waals surface area (Å²) in [5.41, 5.74) is 0. The second kappa shape index (κ2) is 15.3. The fraction of sp³-hybridized carbons (Fsp3) is 0.765. The van der Waals surface area contributed by atoms with Gasteiger partial charge in [0.15, 0.2) is 6.29 Å². The molecule has 0 N–H and O–H groups in total. The Morgan fingerprint density at radius 1 is 1.00 bits per heavy atom. The predicted octanol–water partition coefficient (Wildman–Crippen LogP) is 4.70. The molecule has 0 aliphatic heterocycles. The molecule has 2 heteroatoms. The lowest BCUT2D eigenvalue weighted by molar-refractivity contribution is -0.127. The van der Waals surface area contributed by atoms with Gasteiger partial charge in [0.05, 0.1) is 6.61 Å². The molecule has 0 amide bonds. The first-order valence-corrected chi connectivity index (χ1v) is 7.65. The molecule has 1 atom stereocenters. The van der Waals surface area contributed by atoms with Gasteiger partial charge in [0.1, 0.15) is 0 Å². The Bertz CT molecular complexity index is 260. The highest BCUT2D eigenvalue weighted by Gasteiger charge is 1.98. The number of hydrogen-bond donors (Lipinski definition) is 0. The summed E-state index contributed by atoms with van der Waals surface area (Å²) in [7, 11) is 0. The molecule has 0 aromatic rings. The molecule has 0 heterocycles. The molecule has 110 valence electrons. The van der Waals surface area contributed by atoms with Crippen molar-refractivity contribution in [2.45, 2.75) is 72.0 Å². The number of unbranched alkanes of at least 4 members (excludes halogenated alkanes) is 4. The first kappa shape index (κ1) is 18.2. The van der Waals surface area contributed by atoms with Crippen molar-refractivity contribution in [3.05, 3.63) is 12.2 Å². The van der Waals surface area contributed by atoms with Gasteiger partial charge >= 0.3 is 0 Å². The van der Waals surface area contributed by atoms with Crippen molar-refractivity contribution < 1.29 is 9.47 Å². The fourth-order valence-corrected chi connectivity index (χ4v) is 1.62. The largest absolute Gasteiger partial charge is 0.353 e. The van der Waals surface area contributed by atoms with Crippen LogP contribution in [0.3, 0.4) is 0 Å². The van der Waals surface area contributed by atoms with Crippen LogP contribution < -0.4 is 0 Å². The molecular weight excluding hydrogens is 236 g/mol. The summed E-state index contributed by atoms with van der Waals surface area (Å²) in [5.74, 6) is 6.39. The highest BCUT2D eigenvalue weighted by Crippen LogP contribution is 1.99. The SMILES string of the molecule is CCCCCC#CC/C=C/CCCOC(C)OCC. The van der Waals surface area contributed by atoms with Crippen molar-refractivity contribution >= 4 is 0 Å². The molecule has 0 aliphatic rings. The highest BCUT2D eigenvalue weighted by atomic mass is 16.7. The van der Waals surface area contributed by atoms with Crippen molar-refractivity contribution in [2.24, 2.45) is 0 Å². The van der Waals surface area contributed by atoms with Crippen molar-refractivity contribution in [1.82, 2.24) is 0 Å². The summed E-state index contributed by atoms with van der Waals surface area (Å²) in [4.78, 5) is 0. The third-order valence-electron chi connectivity index (χ3n) is 2.69. The maximum Gasteiger partial charge on any atom is 0.154 e. The minimum atomic E-state index is -0.0806. The molecule has 1 unspecified atom stereocenters. The van der Waals surface area contributed by atoms with Gasteiger partial charge in [-0.1, -0.05) is 37.8 Å². The third kappa shape index (κ3) is 15.2. The Labute approximate surface area is 119 Å². The zero-order valence-corrected chi connectivity index (χ0v) is 12.9. The van der Waals surface area contributed by atoms with Crippen LogP contribution >= 0.6 is 0 Å². The van der Waals surface area contributed by atoms with E-state index < -0.39 is 0 Å². The van der Waals surface area contributed by atoms with Gasteiger partial charge in [-0.2, -0.15) is 0 Å². The average molecular weight is 266 g/mol. The lowest BCUT2D eigenvalue weighted by atomic mass is 10.2. The number of allylic oxidation sites excluding steroid dienone is 2. The van der Waals surface area contributed by atoms with Crippen LogP contribution in [0.5, 0.6) is 0 Å². The zero-order valence-electron chi connectivity index (χ0n) is 12.9. The summed E-state index contributed by atoms with van der Waals surface area (Å²) in [6.07, 6.45) is 12.1. The Hall–Kier alpha value is -0.780. The summed E-state index contributed by atoms with van der Waals surface area (Å²) in [6.45, 7) is 7.60. The predicted molar refractivity (Wildman–Crippen MR) is 81.9 cm³/mol. The summed E-state index contributed by atoms with van der Waals surface area (Å²) < 4.78 is 10.8. The molecule has 0 saturated heterocycles. The third-order valence-corrected chi connectivity index (χ3v) is 2.69. The first-order chi connectivity index (χ1) is 9.31. The van der Waals surface area contributed by atoms with Crippen LogP contribution in [0.25, 0.3) is 0 Å². The Balaban J connectivity index is 3.29. The van der Waals surface area contributed by atoms with Gasteiger partial charge in [-0.3, -0.25) is 0 Å². The van der Waals surface area contributed by atoms with Crippen LogP contribution in [-0.4, -0.2) is 19.5 Å². The van der Waals surface area contributed by atoms with Gasteiger partial charge in [0.2, 0.25) is 0 Å². The van der Waals surface area contributed by atoms with Crippen LogP contribution in [0, 0.1) is 11.8 Å². The van der Waals surface area contributed by atoms with Crippen LogP contribution in [-0.2, 0) is 9.47 Å². The summed E-state index contributed by atoms with van der Waals surface area (Å²) in [5, 5.41) is 0. The van der Waals surface area contributed by atoms with Crippen LogP contribution in [0.2, 0.25) is 0 Å². The van der Waals surface area contributed by atoms with Crippen molar-refractivity contribution in [1.29, 1.82) is 0 Å². The van der Waals surface area contributed by atoms with Crippen LogP contribution in [0.4, 0.5) is 0 Å². The fourth-order valence-electron chi connectivity index (χ4n) is 1.62. The maximum absolute atomic E-state index is 5.48. The quantitative estimate of drug-likeness (QED) is 0.234. The van der Waals surface area contributed by atoms with Gasteiger partial charge in [0, 0.05) is 19.4 Å². The summed E-state index contributed by atoms with van der Waals surface area (Å²) in [6, 6.07) is 0. The van der Waals surface area contributed by atoms with E-state index in [1.54, 1.807) is 0 Å². The summed E-state index contributed by atoms with van der Waals surface area (Å²) >= 11 is 0. The Morgan fingerprint density at radius 3 is 2.58 bits per heavy atom. The van der Waals surface area contributed by atoms with E-state index in [1.807, 2.05) is 13.8 Å². The van der Waals surface area contributed by atoms with E-state index in [0.29, 0.717) is 6.61 Å². The van der Waals surface area contributed by atoms with E-state index in [0.717, 1.165) is 32.3 Å².